The lowest BCUT2D eigenvalue weighted by Gasteiger charge is -2.00. The maximum Gasteiger partial charge on any atom is 0.293 e. The zero-order valence-corrected chi connectivity index (χ0v) is 13.9. The Bertz CT molecular complexity index is 1070. The Balaban J connectivity index is 1.53. The maximum atomic E-state index is 12.4. The third-order valence-corrected chi connectivity index (χ3v) is 4.03. The predicted molar refractivity (Wildman–Crippen MR) is 98.2 cm³/mol. The first-order valence-corrected chi connectivity index (χ1v) is 8.07. The molecule has 0 bridgehead atoms. The van der Waals surface area contributed by atoms with Crippen molar-refractivity contribution in [2.45, 2.75) is 6.92 Å². The number of nitrogens with zero attached hydrogens (tertiary/aromatic N) is 1. The fraction of sp³-hybridized carbons (Fsp3) is 0.0500. The van der Waals surface area contributed by atoms with Gasteiger partial charge < -0.3 is 9.40 Å². The number of rotatable bonds is 4. The van der Waals surface area contributed by atoms with E-state index in [1.54, 1.807) is 36.4 Å². The van der Waals surface area contributed by atoms with Crippen LogP contribution in [0.1, 0.15) is 27.8 Å². The summed E-state index contributed by atoms with van der Waals surface area (Å²) in [5.74, 6) is 0.698. The lowest BCUT2D eigenvalue weighted by Crippen LogP contribution is -2.11. The first kappa shape index (κ1) is 15.8. The highest BCUT2D eigenvalue weighted by molar-refractivity contribution is 6.02. The molecule has 1 amide bonds. The third kappa shape index (κ3) is 3.00. The van der Waals surface area contributed by atoms with Gasteiger partial charge in [-0.25, -0.2) is 4.98 Å². The number of hydrogen-bond acceptors (Lipinski definition) is 4. The van der Waals surface area contributed by atoms with Gasteiger partial charge in [0.25, 0.3) is 5.91 Å². The highest BCUT2D eigenvalue weighted by Crippen LogP contribution is 2.23. The normalized spacial score (nSPS) is 10.8. The second-order valence-electron chi connectivity index (χ2n) is 5.85. The van der Waals surface area contributed by atoms with E-state index in [1.165, 1.54) is 6.92 Å². The van der Waals surface area contributed by atoms with E-state index in [1.807, 2.05) is 24.3 Å². The van der Waals surface area contributed by atoms with Crippen LogP contribution in [-0.4, -0.2) is 21.7 Å². The number of imidazole rings is 1. The summed E-state index contributed by atoms with van der Waals surface area (Å²) in [5.41, 5.74) is 3.03. The first-order chi connectivity index (χ1) is 12.6. The number of ketones is 1. The highest BCUT2D eigenvalue weighted by atomic mass is 16.3. The topological polar surface area (TPSA) is 88.0 Å². The lowest BCUT2D eigenvalue weighted by atomic mass is 10.1. The molecule has 4 aromatic rings. The van der Waals surface area contributed by atoms with E-state index in [-0.39, 0.29) is 11.5 Å². The zero-order chi connectivity index (χ0) is 18.1. The monoisotopic (exact) mass is 345 g/mol. The van der Waals surface area contributed by atoms with E-state index >= 15 is 0 Å². The standard InChI is InChI=1S/C20H15N3O3/c1-12(24)13-6-8-14(9-7-13)17-10-11-18(26-17)19(25)23-20-21-15-4-2-3-5-16(15)22-20/h2-11H,1H3,(H2,21,22,23,25). The van der Waals surface area contributed by atoms with Crippen LogP contribution in [0.25, 0.3) is 22.4 Å². The molecule has 2 aromatic heterocycles. The molecule has 0 aliphatic heterocycles. The van der Waals surface area contributed by atoms with Gasteiger partial charge in [0.05, 0.1) is 11.0 Å². The molecular weight excluding hydrogens is 330 g/mol. The fourth-order valence-electron chi connectivity index (χ4n) is 2.67. The molecule has 0 radical (unpaired) electrons. The van der Waals surface area contributed by atoms with Gasteiger partial charge in [-0.2, -0.15) is 0 Å². The number of anilines is 1. The number of hydrogen-bond donors (Lipinski definition) is 2. The number of aromatic nitrogens is 2. The second-order valence-corrected chi connectivity index (χ2v) is 5.85. The van der Waals surface area contributed by atoms with E-state index in [9.17, 15) is 9.59 Å². The van der Waals surface area contributed by atoms with Crippen molar-refractivity contribution in [3.05, 3.63) is 72.0 Å². The number of nitrogens with one attached hydrogen (secondary N) is 2. The minimum atomic E-state index is -0.393. The lowest BCUT2D eigenvalue weighted by molar-refractivity contribution is 0.0994. The average molecular weight is 345 g/mol. The Kier molecular flexibility index (Phi) is 3.85. The number of aromatic amines is 1. The molecule has 0 spiro atoms. The van der Waals surface area contributed by atoms with Gasteiger partial charge >= 0.3 is 0 Å². The highest BCUT2D eigenvalue weighted by Gasteiger charge is 2.14. The van der Waals surface area contributed by atoms with Crippen molar-refractivity contribution in [3.8, 4) is 11.3 Å². The Labute approximate surface area is 148 Å². The van der Waals surface area contributed by atoms with Gasteiger partial charge in [0.15, 0.2) is 11.5 Å². The third-order valence-electron chi connectivity index (χ3n) is 4.03. The number of carbonyl (C=O) groups is 2. The van der Waals surface area contributed by atoms with Crippen molar-refractivity contribution in [1.29, 1.82) is 0 Å². The van der Waals surface area contributed by atoms with Gasteiger partial charge in [-0.1, -0.05) is 36.4 Å². The molecule has 0 unspecified atom stereocenters. The van der Waals surface area contributed by atoms with Crippen molar-refractivity contribution >= 4 is 28.7 Å². The van der Waals surface area contributed by atoms with Gasteiger partial charge in [-0.3, -0.25) is 14.9 Å². The fourth-order valence-corrected chi connectivity index (χ4v) is 2.67. The van der Waals surface area contributed by atoms with Crippen molar-refractivity contribution in [3.63, 3.8) is 0 Å². The number of para-hydroxylation sites is 2. The van der Waals surface area contributed by atoms with Crippen LogP contribution in [0.15, 0.2) is 65.1 Å². The number of H-pyrrole nitrogens is 1. The summed E-state index contributed by atoms with van der Waals surface area (Å²) in [6.07, 6.45) is 0. The summed E-state index contributed by atoms with van der Waals surface area (Å²) in [5, 5.41) is 2.69. The largest absolute Gasteiger partial charge is 0.451 e. The minimum Gasteiger partial charge on any atom is -0.451 e. The van der Waals surface area contributed by atoms with Crippen molar-refractivity contribution in [2.75, 3.05) is 5.32 Å². The van der Waals surface area contributed by atoms with Crippen LogP contribution < -0.4 is 5.32 Å². The summed E-state index contributed by atoms with van der Waals surface area (Å²) in [6, 6.07) is 17.9. The molecule has 0 saturated carbocycles. The van der Waals surface area contributed by atoms with Crippen molar-refractivity contribution in [1.82, 2.24) is 9.97 Å². The van der Waals surface area contributed by atoms with Gasteiger partial charge in [0.2, 0.25) is 5.95 Å². The van der Waals surface area contributed by atoms with Crippen molar-refractivity contribution < 1.29 is 14.0 Å². The predicted octanol–water partition coefficient (Wildman–Crippen LogP) is 4.28. The molecule has 128 valence electrons. The summed E-state index contributed by atoms with van der Waals surface area (Å²) >= 11 is 0. The summed E-state index contributed by atoms with van der Waals surface area (Å²) in [7, 11) is 0. The smallest absolute Gasteiger partial charge is 0.293 e. The average Bonchev–Trinajstić information content (AvgIpc) is 3.28. The summed E-state index contributed by atoms with van der Waals surface area (Å²) in [6.45, 7) is 1.52. The molecule has 0 aliphatic rings. The van der Waals surface area contributed by atoms with E-state index < -0.39 is 5.91 Å². The number of carbonyl (C=O) groups excluding carboxylic acids is 2. The molecule has 0 saturated heterocycles. The second kappa shape index (κ2) is 6.33. The minimum absolute atomic E-state index is 0.00176. The quantitative estimate of drug-likeness (QED) is 0.540. The Morgan fingerprint density at radius 1 is 1.00 bits per heavy atom. The van der Waals surface area contributed by atoms with Crippen LogP contribution in [0.4, 0.5) is 5.95 Å². The Morgan fingerprint density at radius 3 is 2.50 bits per heavy atom. The summed E-state index contributed by atoms with van der Waals surface area (Å²) < 4.78 is 5.64. The number of furan rings is 1. The van der Waals surface area contributed by atoms with Crippen LogP contribution in [0.5, 0.6) is 0 Å². The Morgan fingerprint density at radius 2 is 1.77 bits per heavy atom. The van der Waals surface area contributed by atoms with E-state index in [0.717, 1.165) is 16.6 Å². The molecule has 0 aliphatic carbocycles. The van der Waals surface area contributed by atoms with Crippen molar-refractivity contribution in [2.24, 2.45) is 0 Å². The van der Waals surface area contributed by atoms with E-state index in [4.69, 9.17) is 4.42 Å². The molecule has 2 N–H and O–H groups in total. The molecule has 0 atom stereocenters. The molecule has 2 heterocycles. The number of amides is 1. The molecule has 0 fully saturated rings. The SMILES string of the molecule is CC(=O)c1ccc(-c2ccc(C(=O)Nc3nc4ccccc4[nH]3)o2)cc1. The number of Topliss-reactive ketones (excluding diaryl/α,β-unsaturated/α-hetero) is 1. The van der Waals surface area contributed by atoms with E-state index in [2.05, 4.69) is 15.3 Å². The molecule has 6 heteroatoms. The van der Waals surface area contributed by atoms with E-state index in [0.29, 0.717) is 17.3 Å². The van der Waals surface area contributed by atoms with Gasteiger partial charge in [-0.05, 0) is 31.2 Å². The maximum absolute atomic E-state index is 12.4. The van der Waals surface area contributed by atoms with Crippen LogP contribution in [0.3, 0.4) is 0 Å². The van der Waals surface area contributed by atoms with Crippen LogP contribution >= 0.6 is 0 Å². The van der Waals surface area contributed by atoms with Crippen LogP contribution in [0, 0.1) is 0 Å². The molecule has 2 aromatic carbocycles. The molecular formula is C20H15N3O3. The first-order valence-electron chi connectivity index (χ1n) is 8.07. The summed E-state index contributed by atoms with van der Waals surface area (Å²) in [4.78, 5) is 31.1. The van der Waals surface area contributed by atoms with Gasteiger partial charge in [-0.15, -0.1) is 0 Å². The number of fused-ring (bicyclic) bond motifs is 1. The zero-order valence-electron chi connectivity index (χ0n) is 13.9. The van der Waals surface area contributed by atoms with Crippen LogP contribution in [0.2, 0.25) is 0 Å². The molecule has 4 rings (SSSR count). The Hall–Kier alpha value is -3.67. The van der Waals surface area contributed by atoms with Crippen LogP contribution in [-0.2, 0) is 0 Å². The van der Waals surface area contributed by atoms with Gasteiger partial charge in [0, 0.05) is 11.1 Å². The number of benzene rings is 2. The molecule has 26 heavy (non-hydrogen) atoms. The molecule has 6 nitrogen and oxygen atoms in total. The van der Waals surface area contributed by atoms with Gasteiger partial charge in [0.1, 0.15) is 5.76 Å².